The predicted molar refractivity (Wildman–Crippen MR) is 88.4 cm³/mol. The maximum absolute atomic E-state index is 12.4. The number of amides is 1. The lowest BCUT2D eigenvalue weighted by atomic mass is 10.1. The number of hydrogen-bond acceptors (Lipinski definition) is 7. The number of aliphatic hydroxyl groups is 1. The third-order valence-corrected chi connectivity index (χ3v) is 5.05. The van der Waals surface area contributed by atoms with Crippen LogP contribution in [-0.4, -0.2) is 37.5 Å². The molecule has 1 aliphatic rings. The van der Waals surface area contributed by atoms with Gasteiger partial charge in [-0.15, -0.1) is 0 Å². The van der Waals surface area contributed by atoms with Gasteiger partial charge in [0.25, 0.3) is 5.91 Å². The normalized spacial score (nSPS) is 18.8. The van der Waals surface area contributed by atoms with Crippen LogP contribution in [0.1, 0.15) is 22.8 Å². The van der Waals surface area contributed by atoms with E-state index in [-0.39, 0.29) is 10.6 Å². The van der Waals surface area contributed by atoms with Crippen molar-refractivity contribution in [3.05, 3.63) is 39.8 Å². The van der Waals surface area contributed by atoms with Crippen LogP contribution in [0.15, 0.2) is 28.6 Å². The molecule has 0 radical (unpaired) electrons. The van der Waals surface area contributed by atoms with E-state index in [0.717, 1.165) is 18.0 Å². The lowest BCUT2D eigenvalue weighted by molar-refractivity contribution is -0.00133. The molecule has 1 aliphatic heterocycles. The zero-order valence-corrected chi connectivity index (χ0v) is 14.5. The highest BCUT2D eigenvalue weighted by Crippen LogP contribution is 2.26. The van der Waals surface area contributed by atoms with Crippen molar-refractivity contribution in [1.29, 1.82) is 0 Å². The molecule has 0 spiro atoms. The minimum atomic E-state index is -3.35. The monoisotopic (exact) mass is 358 g/mol. The van der Waals surface area contributed by atoms with Crippen molar-refractivity contribution in [2.75, 3.05) is 6.26 Å². The van der Waals surface area contributed by atoms with Gasteiger partial charge in [0.15, 0.2) is 21.6 Å². The van der Waals surface area contributed by atoms with Crippen LogP contribution in [0.3, 0.4) is 0 Å². The molecule has 0 bridgehead atoms. The van der Waals surface area contributed by atoms with Crippen molar-refractivity contribution >= 4 is 27.5 Å². The summed E-state index contributed by atoms with van der Waals surface area (Å²) in [5, 5.41) is 16.3. The number of nitrogens with one attached hydrogen (secondary N) is 2. The first-order valence-corrected chi connectivity index (χ1v) is 9.59. The molecule has 23 heavy (non-hydrogen) atoms. The second-order valence-corrected chi connectivity index (χ2v) is 8.02. The van der Waals surface area contributed by atoms with Crippen LogP contribution in [0.4, 0.5) is 0 Å². The van der Waals surface area contributed by atoms with Crippen LogP contribution in [0.2, 0.25) is 0 Å². The van der Waals surface area contributed by atoms with Gasteiger partial charge in [0.1, 0.15) is 10.8 Å². The summed E-state index contributed by atoms with van der Waals surface area (Å²) >= 11 is 1.15. The van der Waals surface area contributed by atoms with Crippen LogP contribution in [-0.2, 0) is 9.84 Å². The van der Waals surface area contributed by atoms with E-state index in [2.05, 4.69) is 10.6 Å². The number of para-hydroxylation sites is 1. The van der Waals surface area contributed by atoms with Crippen LogP contribution >= 0.6 is 11.8 Å². The molecule has 1 aromatic carbocycles. The van der Waals surface area contributed by atoms with Crippen molar-refractivity contribution in [2.24, 2.45) is 0 Å². The summed E-state index contributed by atoms with van der Waals surface area (Å²) in [6, 6.07) is 5.04. The minimum absolute atomic E-state index is 0.0671. The molecule has 2 unspecified atom stereocenters. The Balaban J connectivity index is 2.13. The molecular weight excluding hydrogens is 340 g/mol. The second-order valence-electron chi connectivity index (χ2n) is 5.06. The van der Waals surface area contributed by atoms with E-state index in [1.54, 1.807) is 25.1 Å². The highest BCUT2D eigenvalue weighted by atomic mass is 32.2. The molecule has 2 rings (SSSR count). The Morgan fingerprint density at radius 3 is 2.74 bits per heavy atom. The fourth-order valence-corrected chi connectivity index (χ4v) is 3.92. The molecule has 126 valence electrons. The first-order chi connectivity index (χ1) is 10.7. The summed E-state index contributed by atoms with van der Waals surface area (Å²) in [5.74, 6) is -0.142. The van der Waals surface area contributed by atoms with E-state index >= 15 is 0 Å². The maximum Gasteiger partial charge on any atom is 0.257 e. The molecule has 0 fully saturated rings. The van der Waals surface area contributed by atoms with E-state index < -0.39 is 27.5 Å². The number of aryl methyl sites for hydroxylation is 1. The fraction of sp³-hybridized carbons (Fsp3) is 0.357. The number of hydrogen-bond donors (Lipinski definition) is 3. The van der Waals surface area contributed by atoms with Gasteiger partial charge in [0.05, 0.1) is 5.56 Å². The summed E-state index contributed by atoms with van der Waals surface area (Å²) in [7, 11) is -3.35. The van der Waals surface area contributed by atoms with E-state index in [1.807, 2.05) is 0 Å². The van der Waals surface area contributed by atoms with Gasteiger partial charge in [0.2, 0.25) is 0 Å². The number of thioether (sulfide) groups is 1. The Morgan fingerprint density at radius 1 is 1.48 bits per heavy atom. The van der Waals surface area contributed by atoms with Crippen molar-refractivity contribution in [1.82, 2.24) is 10.6 Å². The number of rotatable bonds is 5. The van der Waals surface area contributed by atoms with E-state index in [0.29, 0.717) is 11.3 Å². The van der Waals surface area contributed by atoms with Gasteiger partial charge in [-0.2, -0.15) is 0 Å². The topological polar surface area (TPSA) is 105 Å². The largest absolute Gasteiger partial charge is 0.464 e. The summed E-state index contributed by atoms with van der Waals surface area (Å²) in [6.07, 6.45) is 0.0336. The molecule has 0 saturated carbocycles. The quantitative estimate of drug-likeness (QED) is 0.672. The SMILES string of the molecule is Cc1cccc(C(=O)NC2NC(S(C)(=O)=O)=CS2)c1OC(C)O. The maximum atomic E-state index is 12.4. The molecule has 3 N–H and O–H groups in total. The van der Waals surface area contributed by atoms with Gasteiger partial charge in [0, 0.05) is 11.7 Å². The van der Waals surface area contributed by atoms with Crippen LogP contribution in [0, 0.1) is 6.92 Å². The van der Waals surface area contributed by atoms with Gasteiger partial charge in [-0.3, -0.25) is 4.79 Å². The molecule has 7 nitrogen and oxygen atoms in total. The Labute approximate surface area is 139 Å². The predicted octanol–water partition coefficient (Wildman–Crippen LogP) is 0.905. The smallest absolute Gasteiger partial charge is 0.257 e. The second kappa shape index (κ2) is 6.81. The summed E-state index contributed by atoms with van der Waals surface area (Å²) in [5.41, 5.74) is 0.383. The standard InChI is InChI=1S/C14H18N2O5S2/c1-8-5-4-6-10(12(8)21-9(2)17)13(18)16-14-15-11(7-22-14)23(3,19)20/h4-7,9,14-15,17H,1-3H3,(H,16,18). The molecule has 0 aliphatic carbocycles. The molecular formula is C14H18N2O5S2. The Morgan fingerprint density at radius 2 is 2.17 bits per heavy atom. The van der Waals surface area contributed by atoms with Gasteiger partial charge < -0.3 is 20.5 Å². The van der Waals surface area contributed by atoms with Crippen molar-refractivity contribution in [3.63, 3.8) is 0 Å². The summed E-state index contributed by atoms with van der Waals surface area (Å²) < 4.78 is 28.2. The molecule has 1 heterocycles. The number of ether oxygens (including phenoxy) is 1. The number of sulfone groups is 1. The van der Waals surface area contributed by atoms with Gasteiger partial charge in [-0.25, -0.2) is 8.42 Å². The van der Waals surface area contributed by atoms with E-state index in [9.17, 15) is 18.3 Å². The highest BCUT2D eigenvalue weighted by Gasteiger charge is 2.26. The molecule has 0 saturated heterocycles. The first kappa shape index (κ1) is 17.6. The van der Waals surface area contributed by atoms with Crippen molar-refractivity contribution in [2.45, 2.75) is 25.6 Å². The van der Waals surface area contributed by atoms with Gasteiger partial charge in [-0.05, 0) is 25.5 Å². The number of benzene rings is 1. The summed E-state index contributed by atoms with van der Waals surface area (Å²) in [4.78, 5) is 12.4. The Hall–Kier alpha value is -1.71. The fourth-order valence-electron chi connectivity index (χ4n) is 1.95. The Bertz CT molecular complexity index is 744. The Kier molecular flexibility index (Phi) is 5.23. The number of aliphatic hydroxyl groups excluding tert-OH is 1. The third kappa shape index (κ3) is 4.40. The molecule has 9 heteroatoms. The van der Waals surface area contributed by atoms with Crippen LogP contribution in [0.5, 0.6) is 5.75 Å². The van der Waals surface area contributed by atoms with Crippen LogP contribution in [0.25, 0.3) is 0 Å². The number of carbonyl (C=O) groups excluding carboxylic acids is 1. The summed E-state index contributed by atoms with van der Waals surface area (Å²) in [6.45, 7) is 3.21. The lowest BCUT2D eigenvalue weighted by Crippen LogP contribution is -2.41. The average Bonchev–Trinajstić information content (AvgIpc) is 2.89. The molecule has 1 aromatic rings. The van der Waals surface area contributed by atoms with Gasteiger partial charge in [-0.1, -0.05) is 23.9 Å². The average molecular weight is 358 g/mol. The third-order valence-electron chi connectivity index (χ3n) is 2.99. The van der Waals surface area contributed by atoms with Crippen molar-refractivity contribution < 1.29 is 23.1 Å². The van der Waals surface area contributed by atoms with Crippen LogP contribution < -0.4 is 15.4 Å². The highest BCUT2D eigenvalue weighted by molar-refractivity contribution is 8.04. The van der Waals surface area contributed by atoms with E-state index in [1.165, 1.54) is 12.3 Å². The molecule has 0 aromatic heterocycles. The van der Waals surface area contributed by atoms with Crippen molar-refractivity contribution in [3.8, 4) is 5.75 Å². The minimum Gasteiger partial charge on any atom is -0.464 e. The zero-order valence-electron chi connectivity index (χ0n) is 12.9. The number of carbonyl (C=O) groups is 1. The molecule has 2 atom stereocenters. The first-order valence-electron chi connectivity index (χ1n) is 6.76. The zero-order chi connectivity index (χ0) is 17.2. The lowest BCUT2D eigenvalue weighted by Gasteiger charge is -2.18. The van der Waals surface area contributed by atoms with Gasteiger partial charge >= 0.3 is 0 Å². The molecule has 1 amide bonds. The van der Waals surface area contributed by atoms with E-state index in [4.69, 9.17) is 4.74 Å².